The van der Waals surface area contributed by atoms with E-state index in [1.807, 2.05) is 0 Å². The van der Waals surface area contributed by atoms with Crippen molar-refractivity contribution in [3.8, 4) is 0 Å². The molecular formula is C26H24N12O7. The van der Waals surface area contributed by atoms with Crippen LogP contribution < -0.4 is 32.8 Å². The molecule has 0 unspecified atom stereocenters. The van der Waals surface area contributed by atoms with E-state index >= 15 is 0 Å². The van der Waals surface area contributed by atoms with E-state index in [9.17, 15) is 29.1 Å². The Morgan fingerprint density at radius 2 is 1.33 bits per heavy atom. The molecule has 0 spiro atoms. The first-order valence-electron chi connectivity index (χ1n) is 13.1. The van der Waals surface area contributed by atoms with Crippen LogP contribution in [0.4, 0.5) is 17.6 Å². The van der Waals surface area contributed by atoms with Gasteiger partial charge in [-0.05, 0) is 30.7 Å². The van der Waals surface area contributed by atoms with Crippen LogP contribution in [0.15, 0.2) is 46.2 Å². The number of nitrogens with two attached hydrogens (primary N) is 2. The molecule has 4 aromatic heterocycles. The third-order valence-corrected chi connectivity index (χ3v) is 6.42. The van der Waals surface area contributed by atoms with Gasteiger partial charge in [0.25, 0.3) is 17.0 Å². The monoisotopic (exact) mass is 616 g/mol. The van der Waals surface area contributed by atoms with Crippen molar-refractivity contribution in [3.05, 3.63) is 74.3 Å². The molecule has 0 aliphatic heterocycles. The second-order valence-corrected chi connectivity index (χ2v) is 9.67. The summed E-state index contributed by atoms with van der Waals surface area (Å²) in [7, 11) is 0. The van der Waals surface area contributed by atoms with Crippen molar-refractivity contribution < 1.29 is 24.6 Å². The molecule has 0 aliphatic carbocycles. The third kappa shape index (κ3) is 6.93. The zero-order valence-electron chi connectivity index (χ0n) is 23.1. The number of H-pyrrole nitrogens is 2. The van der Waals surface area contributed by atoms with E-state index in [-0.39, 0.29) is 59.3 Å². The van der Waals surface area contributed by atoms with Crippen molar-refractivity contribution in [1.82, 2.24) is 45.2 Å². The first-order valence-corrected chi connectivity index (χ1v) is 13.1. The van der Waals surface area contributed by atoms with E-state index in [0.29, 0.717) is 17.1 Å². The number of carbonyl (C=O) groups excluding carboxylic acids is 1. The Balaban J connectivity index is 1.45. The summed E-state index contributed by atoms with van der Waals surface area (Å²) in [6.07, 6.45) is 2.09. The number of nitrogens with one attached hydrogen (secondary N) is 3. The molecule has 0 bridgehead atoms. The molecular weight excluding hydrogens is 592 g/mol. The number of anilines is 3. The van der Waals surface area contributed by atoms with E-state index in [2.05, 4.69) is 45.2 Å². The van der Waals surface area contributed by atoms with Gasteiger partial charge in [0.15, 0.2) is 22.3 Å². The molecule has 5 rings (SSSR count). The summed E-state index contributed by atoms with van der Waals surface area (Å²) in [5.41, 5.74) is 11.4. The average molecular weight is 617 g/mol. The molecule has 0 radical (unpaired) electrons. The molecule has 19 nitrogen and oxygen atoms in total. The number of benzene rings is 1. The maximum absolute atomic E-state index is 12.8. The van der Waals surface area contributed by atoms with E-state index in [1.165, 1.54) is 24.5 Å². The second kappa shape index (κ2) is 12.4. The summed E-state index contributed by atoms with van der Waals surface area (Å²) in [5.74, 6) is -3.50. The van der Waals surface area contributed by atoms with Gasteiger partial charge < -0.3 is 31.9 Å². The summed E-state index contributed by atoms with van der Waals surface area (Å²) in [6, 6.07) is 4.65. The molecule has 1 aromatic carbocycles. The molecule has 1 atom stereocenters. The van der Waals surface area contributed by atoms with Crippen LogP contribution in [-0.4, -0.2) is 74.0 Å². The summed E-state index contributed by atoms with van der Waals surface area (Å²) in [6.45, 7) is 0.120. The highest BCUT2D eigenvalue weighted by atomic mass is 16.4. The van der Waals surface area contributed by atoms with Crippen molar-refractivity contribution in [2.75, 3.05) is 16.4 Å². The molecule has 0 fully saturated rings. The molecule has 230 valence electrons. The maximum Gasteiger partial charge on any atom is 0.326 e. The van der Waals surface area contributed by atoms with Crippen LogP contribution in [0.2, 0.25) is 0 Å². The van der Waals surface area contributed by atoms with Crippen LogP contribution in [0.3, 0.4) is 0 Å². The zero-order chi connectivity index (χ0) is 32.2. The molecule has 5 aromatic rings. The second-order valence-electron chi connectivity index (χ2n) is 9.67. The average Bonchev–Trinajstić information content (AvgIpc) is 2.99. The summed E-state index contributed by atoms with van der Waals surface area (Å²) >= 11 is 0. The fraction of sp³-hybridized carbons (Fsp3) is 0.192. The topological polar surface area (TPSA) is 302 Å². The molecule has 0 aliphatic rings. The number of aromatic nitrogens is 8. The van der Waals surface area contributed by atoms with E-state index in [1.54, 1.807) is 17.0 Å². The third-order valence-electron chi connectivity index (χ3n) is 6.42. The molecule has 45 heavy (non-hydrogen) atoms. The van der Waals surface area contributed by atoms with Crippen molar-refractivity contribution in [1.29, 1.82) is 0 Å². The van der Waals surface area contributed by atoms with Gasteiger partial charge in [-0.2, -0.15) is 9.97 Å². The van der Waals surface area contributed by atoms with Crippen LogP contribution in [0.5, 0.6) is 0 Å². The minimum absolute atomic E-state index is 0.0368. The quantitative estimate of drug-likeness (QED) is 0.0951. The molecule has 0 saturated carbocycles. The standard InChI is InChI=1S/C26H24N12O7/c27-25-34-19-17(22(42)36-25)31-12(7-29-19)9-38(10-13-8-30-20-18(32-13)23(43)37-26(28)35-20)14-3-1-11(2-4-14)21(41)33-15(24(44)45)5-6-16(39)40/h1-4,7-8,15H,5-6,9-10H2,(H,33,41)(H,39,40)(H,44,45)(H3,27,29,34,36,42)(H3,28,30,35,37,43)/t15-/m0/s1. The summed E-state index contributed by atoms with van der Waals surface area (Å²) in [4.78, 5) is 91.5. The smallest absolute Gasteiger partial charge is 0.326 e. The maximum atomic E-state index is 12.8. The Hall–Kier alpha value is -6.53. The van der Waals surface area contributed by atoms with Crippen molar-refractivity contribution in [3.63, 3.8) is 0 Å². The summed E-state index contributed by atoms with van der Waals surface area (Å²) < 4.78 is 0. The lowest BCUT2D eigenvalue weighted by atomic mass is 10.1. The first kappa shape index (κ1) is 29.9. The minimum atomic E-state index is -1.40. The zero-order valence-corrected chi connectivity index (χ0v) is 23.1. The highest BCUT2D eigenvalue weighted by Crippen LogP contribution is 2.21. The van der Waals surface area contributed by atoms with Crippen LogP contribution >= 0.6 is 0 Å². The Bertz CT molecular complexity index is 1960. The number of nitrogens with zero attached hydrogens (tertiary/aromatic N) is 7. The fourth-order valence-corrected chi connectivity index (χ4v) is 4.31. The minimum Gasteiger partial charge on any atom is -0.481 e. The number of hydrogen-bond acceptors (Lipinski definition) is 14. The van der Waals surface area contributed by atoms with E-state index in [0.717, 1.165) is 0 Å². The van der Waals surface area contributed by atoms with Gasteiger partial charge in [0, 0.05) is 17.7 Å². The normalized spacial score (nSPS) is 11.7. The van der Waals surface area contributed by atoms with Gasteiger partial charge in [0.2, 0.25) is 11.9 Å². The van der Waals surface area contributed by atoms with Crippen molar-refractivity contribution in [2.24, 2.45) is 0 Å². The lowest BCUT2D eigenvalue weighted by Gasteiger charge is -2.24. The number of nitrogen functional groups attached to an aromatic ring is 2. The van der Waals surface area contributed by atoms with E-state index in [4.69, 9.17) is 16.6 Å². The SMILES string of the molecule is Nc1nc2ncc(CN(Cc3cnc4nc(N)[nH]c(=O)c4n3)c3ccc(C(=O)N[C@@H](CCC(=O)O)C(=O)O)cc3)nc2c(=O)[nH]1. The number of amides is 1. The number of hydrogen-bond donors (Lipinski definition) is 7. The molecule has 0 saturated heterocycles. The lowest BCUT2D eigenvalue weighted by molar-refractivity contribution is -0.140. The Morgan fingerprint density at radius 1 is 0.822 bits per heavy atom. The van der Waals surface area contributed by atoms with Gasteiger partial charge in [-0.3, -0.25) is 29.1 Å². The molecule has 9 N–H and O–H groups in total. The van der Waals surface area contributed by atoms with Gasteiger partial charge in [-0.1, -0.05) is 0 Å². The molecule has 19 heteroatoms. The van der Waals surface area contributed by atoms with Crippen LogP contribution in [0, 0.1) is 0 Å². The van der Waals surface area contributed by atoms with Crippen LogP contribution in [0.1, 0.15) is 34.6 Å². The van der Waals surface area contributed by atoms with Gasteiger partial charge in [0.05, 0.1) is 36.9 Å². The number of carboxylic acids is 2. The number of fused-ring (bicyclic) bond motifs is 2. The summed E-state index contributed by atoms with van der Waals surface area (Å²) in [5, 5.41) is 20.6. The van der Waals surface area contributed by atoms with Crippen molar-refractivity contribution >= 4 is 57.8 Å². The molecule has 4 heterocycles. The number of carbonyl (C=O) groups is 3. The van der Waals surface area contributed by atoms with Gasteiger partial charge in [0.1, 0.15) is 6.04 Å². The van der Waals surface area contributed by atoms with Crippen molar-refractivity contribution in [2.45, 2.75) is 32.0 Å². The van der Waals surface area contributed by atoms with Crippen LogP contribution in [-0.2, 0) is 22.7 Å². The lowest BCUT2D eigenvalue weighted by Crippen LogP contribution is -2.41. The number of carboxylic acid groups (broad SMARTS) is 2. The Morgan fingerprint density at radius 3 is 1.80 bits per heavy atom. The highest BCUT2D eigenvalue weighted by Gasteiger charge is 2.22. The number of rotatable bonds is 11. The Labute approximate surface area is 250 Å². The molecule has 1 amide bonds. The number of aromatic amines is 2. The first-order chi connectivity index (χ1) is 21.5. The van der Waals surface area contributed by atoms with Crippen LogP contribution in [0.25, 0.3) is 22.3 Å². The van der Waals surface area contributed by atoms with Gasteiger partial charge in [-0.25, -0.2) is 24.7 Å². The predicted octanol–water partition coefficient (Wildman–Crippen LogP) is -0.841. The largest absolute Gasteiger partial charge is 0.481 e. The van der Waals surface area contributed by atoms with E-state index < -0.39 is 41.4 Å². The predicted molar refractivity (Wildman–Crippen MR) is 157 cm³/mol. The van der Waals surface area contributed by atoms with Gasteiger partial charge in [-0.15, -0.1) is 0 Å². The highest BCUT2D eigenvalue weighted by molar-refractivity contribution is 5.97. The fourth-order valence-electron chi connectivity index (χ4n) is 4.31. The number of aliphatic carboxylic acids is 2. The van der Waals surface area contributed by atoms with Gasteiger partial charge >= 0.3 is 11.9 Å². The Kier molecular flexibility index (Phi) is 8.23.